The van der Waals surface area contributed by atoms with Gasteiger partial charge >= 0.3 is 5.97 Å². The van der Waals surface area contributed by atoms with E-state index in [-0.39, 0.29) is 18.1 Å². The third-order valence-electron chi connectivity index (χ3n) is 2.65. The summed E-state index contributed by atoms with van der Waals surface area (Å²) in [6.07, 6.45) is 0.253. The first-order valence-electron chi connectivity index (χ1n) is 6.24. The number of aliphatic carboxylic acids is 1. The molecule has 9 heteroatoms. The molecule has 0 saturated carbocycles. The predicted octanol–water partition coefficient (Wildman–Crippen LogP) is 0.417. The number of carboxylic acid groups (broad SMARTS) is 1. The van der Waals surface area contributed by atoms with Gasteiger partial charge in [-0.05, 0) is 31.5 Å². The zero-order chi connectivity index (χ0) is 16.2. The molecule has 3 N–H and O–H groups in total. The molecule has 0 aliphatic carbocycles. The van der Waals surface area contributed by atoms with Gasteiger partial charge in [0.2, 0.25) is 5.09 Å². The molecule has 0 aliphatic rings. The molecule has 1 heterocycles. The molecule has 0 unspecified atom stereocenters. The summed E-state index contributed by atoms with van der Waals surface area (Å²) >= 11 is 0. The minimum Gasteiger partial charge on any atom is -0.480 e. The topological polar surface area (TPSA) is 126 Å². The van der Waals surface area contributed by atoms with Crippen molar-refractivity contribution in [3.05, 3.63) is 17.9 Å². The molecule has 8 nitrogen and oxygen atoms in total. The highest BCUT2D eigenvalue weighted by atomic mass is 32.2. The van der Waals surface area contributed by atoms with Gasteiger partial charge in [0.25, 0.3) is 15.9 Å². The van der Waals surface area contributed by atoms with E-state index in [4.69, 9.17) is 9.52 Å². The molecule has 1 aromatic rings. The third kappa shape index (κ3) is 4.57. The Morgan fingerprint density at radius 1 is 1.33 bits per heavy atom. The first-order valence-corrected chi connectivity index (χ1v) is 7.72. The van der Waals surface area contributed by atoms with Crippen LogP contribution < -0.4 is 10.0 Å². The van der Waals surface area contributed by atoms with Crippen molar-refractivity contribution in [1.29, 1.82) is 0 Å². The van der Waals surface area contributed by atoms with Crippen molar-refractivity contribution in [2.45, 2.75) is 31.4 Å². The lowest BCUT2D eigenvalue weighted by Crippen LogP contribution is -2.41. The first kappa shape index (κ1) is 17.2. The fraction of sp³-hybridized carbons (Fsp3) is 0.500. The second-order valence-corrected chi connectivity index (χ2v) is 6.64. The van der Waals surface area contributed by atoms with Gasteiger partial charge in [0.1, 0.15) is 6.04 Å². The Kier molecular flexibility index (Phi) is 5.50. The van der Waals surface area contributed by atoms with Gasteiger partial charge in [0.15, 0.2) is 5.76 Å². The van der Waals surface area contributed by atoms with Crippen LogP contribution in [0.4, 0.5) is 0 Å². The number of furan rings is 1. The van der Waals surface area contributed by atoms with Crippen LogP contribution in [0.1, 0.15) is 30.8 Å². The van der Waals surface area contributed by atoms with Crippen molar-refractivity contribution in [1.82, 2.24) is 10.0 Å². The molecule has 1 amide bonds. The van der Waals surface area contributed by atoms with Crippen molar-refractivity contribution in [3.63, 3.8) is 0 Å². The molecule has 0 aromatic carbocycles. The Hall–Kier alpha value is -1.87. The number of rotatable bonds is 7. The SMILES string of the molecule is CNS(=O)(=O)c1ccc(C(=O)N[C@H](CC(C)C)C(=O)O)o1. The van der Waals surface area contributed by atoms with E-state index in [2.05, 4.69) is 5.32 Å². The summed E-state index contributed by atoms with van der Waals surface area (Å²) < 4.78 is 29.9. The van der Waals surface area contributed by atoms with E-state index in [1.807, 2.05) is 18.6 Å². The maximum Gasteiger partial charge on any atom is 0.326 e. The van der Waals surface area contributed by atoms with Gasteiger partial charge in [-0.15, -0.1) is 0 Å². The van der Waals surface area contributed by atoms with Crippen LogP contribution in [0.25, 0.3) is 0 Å². The maximum absolute atomic E-state index is 11.9. The average Bonchev–Trinajstić information content (AvgIpc) is 2.87. The lowest BCUT2D eigenvalue weighted by molar-refractivity contribution is -0.139. The summed E-state index contributed by atoms with van der Waals surface area (Å²) in [5, 5.41) is 10.9. The lowest BCUT2D eigenvalue weighted by atomic mass is 10.0. The van der Waals surface area contributed by atoms with Gasteiger partial charge in [-0.25, -0.2) is 17.9 Å². The number of nitrogens with one attached hydrogen (secondary N) is 2. The van der Waals surface area contributed by atoms with E-state index in [0.717, 1.165) is 6.07 Å². The summed E-state index contributed by atoms with van der Waals surface area (Å²) in [6, 6.07) is 1.24. The summed E-state index contributed by atoms with van der Waals surface area (Å²) in [6.45, 7) is 3.65. The quantitative estimate of drug-likeness (QED) is 0.669. The molecule has 0 saturated heterocycles. The number of hydrogen-bond acceptors (Lipinski definition) is 5. The fourth-order valence-electron chi connectivity index (χ4n) is 1.61. The van der Waals surface area contributed by atoms with Gasteiger partial charge in [-0.2, -0.15) is 0 Å². The van der Waals surface area contributed by atoms with Gasteiger partial charge in [0.05, 0.1) is 0 Å². The summed E-state index contributed by atoms with van der Waals surface area (Å²) in [5.41, 5.74) is 0. The van der Waals surface area contributed by atoms with E-state index >= 15 is 0 Å². The Balaban J connectivity index is 2.87. The predicted molar refractivity (Wildman–Crippen MR) is 73.3 cm³/mol. The Bertz CT molecular complexity index is 619. The minimum absolute atomic E-state index is 0.0724. The second-order valence-electron chi connectivity index (χ2n) is 4.82. The standard InChI is InChI=1S/C12H18N2O6S/c1-7(2)6-8(12(16)17)14-11(15)9-4-5-10(20-9)21(18,19)13-3/h4-5,7-8,13H,6H2,1-3H3,(H,14,15)(H,16,17)/t8-/m1/s1. The van der Waals surface area contributed by atoms with E-state index in [9.17, 15) is 18.0 Å². The molecule has 1 rings (SSSR count). The fourth-order valence-corrected chi connectivity index (χ4v) is 2.26. The molecular weight excluding hydrogens is 300 g/mol. The highest BCUT2D eigenvalue weighted by Gasteiger charge is 2.25. The number of amides is 1. The van der Waals surface area contributed by atoms with Crippen LogP contribution in [0.3, 0.4) is 0 Å². The zero-order valence-corrected chi connectivity index (χ0v) is 12.7. The minimum atomic E-state index is -3.79. The molecule has 0 aliphatic heterocycles. The number of carbonyl (C=O) groups excluding carboxylic acids is 1. The third-order valence-corrected chi connectivity index (χ3v) is 3.94. The Labute approximate surface area is 122 Å². The van der Waals surface area contributed by atoms with E-state index in [1.54, 1.807) is 0 Å². The molecule has 118 valence electrons. The van der Waals surface area contributed by atoms with Crippen molar-refractivity contribution in [2.75, 3.05) is 7.05 Å². The van der Waals surface area contributed by atoms with Gasteiger partial charge < -0.3 is 14.8 Å². The van der Waals surface area contributed by atoms with E-state index < -0.39 is 33.0 Å². The van der Waals surface area contributed by atoms with Crippen LogP contribution in [-0.2, 0) is 14.8 Å². The first-order chi connectivity index (χ1) is 9.67. The lowest BCUT2D eigenvalue weighted by Gasteiger charge is -2.15. The Morgan fingerprint density at radius 3 is 2.43 bits per heavy atom. The molecule has 1 aromatic heterocycles. The largest absolute Gasteiger partial charge is 0.480 e. The van der Waals surface area contributed by atoms with Crippen molar-refractivity contribution >= 4 is 21.9 Å². The van der Waals surface area contributed by atoms with Crippen LogP contribution in [0.5, 0.6) is 0 Å². The van der Waals surface area contributed by atoms with Crippen molar-refractivity contribution < 1.29 is 27.5 Å². The highest BCUT2D eigenvalue weighted by molar-refractivity contribution is 7.89. The monoisotopic (exact) mass is 318 g/mol. The van der Waals surface area contributed by atoms with Gasteiger partial charge in [-0.3, -0.25) is 4.79 Å². The zero-order valence-electron chi connectivity index (χ0n) is 11.9. The van der Waals surface area contributed by atoms with E-state index in [1.165, 1.54) is 13.1 Å². The molecule has 21 heavy (non-hydrogen) atoms. The van der Waals surface area contributed by atoms with Crippen LogP contribution in [0.2, 0.25) is 0 Å². The molecule has 0 radical (unpaired) electrons. The van der Waals surface area contributed by atoms with Gasteiger partial charge in [-0.1, -0.05) is 13.8 Å². The summed E-state index contributed by atoms with van der Waals surface area (Å²) in [4.78, 5) is 22.9. The van der Waals surface area contributed by atoms with Crippen LogP contribution >= 0.6 is 0 Å². The molecule has 0 bridgehead atoms. The smallest absolute Gasteiger partial charge is 0.326 e. The van der Waals surface area contributed by atoms with E-state index in [0.29, 0.717) is 0 Å². The number of hydrogen-bond donors (Lipinski definition) is 3. The normalized spacial score (nSPS) is 13.1. The number of sulfonamides is 1. The van der Waals surface area contributed by atoms with Crippen LogP contribution in [0.15, 0.2) is 21.6 Å². The molecule has 1 atom stereocenters. The summed E-state index contributed by atoms with van der Waals surface area (Å²) in [7, 11) is -2.58. The van der Waals surface area contributed by atoms with Crippen molar-refractivity contribution in [3.8, 4) is 0 Å². The van der Waals surface area contributed by atoms with Gasteiger partial charge in [0, 0.05) is 0 Å². The number of carboxylic acids is 1. The highest BCUT2D eigenvalue weighted by Crippen LogP contribution is 2.14. The second kappa shape index (κ2) is 6.72. The molecule has 0 fully saturated rings. The van der Waals surface area contributed by atoms with Crippen molar-refractivity contribution in [2.24, 2.45) is 5.92 Å². The van der Waals surface area contributed by atoms with Crippen LogP contribution in [-0.4, -0.2) is 38.5 Å². The summed E-state index contributed by atoms with van der Waals surface area (Å²) in [5.74, 6) is -2.13. The Morgan fingerprint density at radius 2 is 1.95 bits per heavy atom. The maximum atomic E-state index is 11.9. The van der Waals surface area contributed by atoms with Crippen LogP contribution in [0, 0.1) is 5.92 Å². The average molecular weight is 318 g/mol. The molecule has 0 spiro atoms. The molecular formula is C12H18N2O6S. The number of carbonyl (C=O) groups is 2.